The molecule has 1 atom stereocenters. The van der Waals surface area contributed by atoms with Crippen molar-refractivity contribution in [3.8, 4) is 0 Å². The van der Waals surface area contributed by atoms with Crippen molar-refractivity contribution in [3.63, 3.8) is 0 Å². The minimum atomic E-state index is 0.420. The fourth-order valence-corrected chi connectivity index (χ4v) is 3.09. The van der Waals surface area contributed by atoms with Gasteiger partial charge >= 0.3 is 0 Å². The van der Waals surface area contributed by atoms with Gasteiger partial charge in [-0.05, 0) is 41.5 Å². The van der Waals surface area contributed by atoms with Crippen molar-refractivity contribution in [2.45, 2.75) is 39.2 Å². The summed E-state index contributed by atoms with van der Waals surface area (Å²) in [6.07, 6.45) is 4.16. The van der Waals surface area contributed by atoms with E-state index in [4.69, 9.17) is 0 Å². The van der Waals surface area contributed by atoms with Crippen LogP contribution in [0.15, 0.2) is 42.5 Å². The Bertz CT molecular complexity index is 563. The van der Waals surface area contributed by atoms with Gasteiger partial charge in [0, 0.05) is 12.6 Å². The van der Waals surface area contributed by atoms with Gasteiger partial charge in [-0.2, -0.15) is 0 Å². The summed E-state index contributed by atoms with van der Waals surface area (Å²) in [4.78, 5) is 0. The Morgan fingerprint density at radius 2 is 1.84 bits per heavy atom. The Balaban J connectivity index is 1.79. The lowest BCUT2D eigenvalue weighted by atomic mass is 9.70. The molecule has 0 heterocycles. The molecule has 1 nitrogen and oxygen atoms in total. The fourth-order valence-electron chi connectivity index (χ4n) is 3.09. The SMILES string of the molecule is CC(NCC1(C)CCC1)c1cccc2ccccc12. The quantitative estimate of drug-likeness (QED) is 0.834. The molecule has 2 aromatic rings. The molecule has 0 bridgehead atoms. The Labute approximate surface area is 116 Å². The third-order valence-corrected chi connectivity index (χ3v) is 4.69. The third-order valence-electron chi connectivity index (χ3n) is 4.69. The summed E-state index contributed by atoms with van der Waals surface area (Å²) >= 11 is 0. The van der Waals surface area contributed by atoms with Crippen LogP contribution in [0, 0.1) is 5.41 Å². The lowest BCUT2D eigenvalue weighted by molar-refractivity contribution is 0.152. The smallest absolute Gasteiger partial charge is 0.0298 e. The molecule has 0 spiro atoms. The second-order valence-electron chi connectivity index (χ2n) is 6.34. The van der Waals surface area contributed by atoms with Crippen molar-refractivity contribution < 1.29 is 0 Å². The molecule has 3 rings (SSSR count). The van der Waals surface area contributed by atoms with Crippen molar-refractivity contribution >= 4 is 10.8 Å². The van der Waals surface area contributed by atoms with Gasteiger partial charge in [0.2, 0.25) is 0 Å². The number of nitrogens with one attached hydrogen (secondary N) is 1. The van der Waals surface area contributed by atoms with Crippen LogP contribution in [0.5, 0.6) is 0 Å². The lowest BCUT2D eigenvalue weighted by Crippen LogP contribution is -2.38. The largest absolute Gasteiger partial charge is 0.310 e. The van der Waals surface area contributed by atoms with Gasteiger partial charge < -0.3 is 5.32 Å². The molecule has 0 amide bonds. The van der Waals surface area contributed by atoms with Gasteiger partial charge in [0.15, 0.2) is 0 Å². The van der Waals surface area contributed by atoms with Crippen LogP contribution in [-0.4, -0.2) is 6.54 Å². The van der Waals surface area contributed by atoms with Gasteiger partial charge in [0.1, 0.15) is 0 Å². The maximum Gasteiger partial charge on any atom is 0.0298 e. The van der Waals surface area contributed by atoms with Crippen LogP contribution >= 0.6 is 0 Å². The van der Waals surface area contributed by atoms with E-state index in [1.54, 1.807) is 0 Å². The molecule has 19 heavy (non-hydrogen) atoms. The van der Waals surface area contributed by atoms with Crippen LogP contribution in [0.1, 0.15) is 44.7 Å². The van der Waals surface area contributed by atoms with Gasteiger partial charge in [-0.3, -0.25) is 0 Å². The molecule has 100 valence electrons. The van der Waals surface area contributed by atoms with Gasteiger partial charge in [-0.1, -0.05) is 55.8 Å². The fraction of sp³-hybridized carbons (Fsp3) is 0.444. The highest BCUT2D eigenvalue weighted by Crippen LogP contribution is 2.40. The molecule has 1 aliphatic rings. The summed E-state index contributed by atoms with van der Waals surface area (Å²) < 4.78 is 0. The van der Waals surface area contributed by atoms with E-state index in [0.717, 1.165) is 6.54 Å². The Hall–Kier alpha value is -1.34. The molecular formula is C18H23N. The molecule has 0 saturated heterocycles. The second kappa shape index (κ2) is 4.97. The number of rotatable bonds is 4. The second-order valence-corrected chi connectivity index (χ2v) is 6.34. The van der Waals surface area contributed by atoms with Crippen LogP contribution in [0.4, 0.5) is 0 Å². The van der Waals surface area contributed by atoms with E-state index in [1.165, 1.54) is 35.6 Å². The van der Waals surface area contributed by atoms with Crippen molar-refractivity contribution in [2.24, 2.45) is 5.41 Å². The maximum atomic E-state index is 3.73. The van der Waals surface area contributed by atoms with Gasteiger partial charge in [-0.25, -0.2) is 0 Å². The summed E-state index contributed by atoms with van der Waals surface area (Å²) in [7, 11) is 0. The van der Waals surface area contributed by atoms with Gasteiger partial charge in [0.05, 0.1) is 0 Å². The van der Waals surface area contributed by atoms with E-state index in [2.05, 4.69) is 61.6 Å². The first-order valence-corrected chi connectivity index (χ1v) is 7.39. The first-order chi connectivity index (χ1) is 9.18. The predicted molar refractivity (Wildman–Crippen MR) is 82.3 cm³/mol. The third kappa shape index (κ3) is 2.52. The Morgan fingerprint density at radius 1 is 1.11 bits per heavy atom. The van der Waals surface area contributed by atoms with Gasteiger partial charge in [0.25, 0.3) is 0 Å². The topological polar surface area (TPSA) is 12.0 Å². The van der Waals surface area contributed by atoms with Crippen molar-refractivity contribution in [1.82, 2.24) is 5.32 Å². The van der Waals surface area contributed by atoms with E-state index in [1.807, 2.05) is 0 Å². The normalized spacial score (nSPS) is 19.1. The summed E-state index contributed by atoms with van der Waals surface area (Å²) in [5.41, 5.74) is 1.96. The molecule has 1 unspecified atom stereocenters. The van der Waals surface area contributed by atoms with Crippen LogP contribution in [0.2, 0.25) is 0 Å². The van der Waals surface area contributed by atoms with E-state index >= 15 is 0 Å². The zero-order chi connectivity index (χ0) is 13.3. The van der Waals surface area contributed by atoms with E-state index in [9.17, 15) is 0 Å². The highest BCUT2D eigenvalue weighted by molar-refractivity contribution is 5.86. The maximum absolute atomic E-state index is 3.73. The van der Waals surface area contributed by atoms with Crippen LogP contribution in [0.3, 0.4) is 0 Å². The van der Waals surface area contributed by atoms with Gasteiger partial charge in [-0.15, -0.1) is 0 Å². The summed E-state index contributed by atoms with van der Waals surface area (Å²) in [5.74, 6) is 0. The molecular weight excluding hydrogens is 230 g/mol. The minimum absolute atomic E-state index is 0.420. The highest BCUT2D eigenvalue weighted by atomic mass is 14.9. The monoisotopic (exact) mass is 253 g/mol. The molecule has 1 heteroatoms. The highest BCUT2D eigenvalue weighted by Gasteiger charge is 2.31. The zero-order valence-corrected chi connectivity index (χ0v) is 11.9. The van der Waals surface area contributed by atoms with Crippen molar-refractivity contribution in [2.75, 3.05) is 6.54 Å². The molecule has 1 aliphatic carbocycles. The van der Waals surface area contributed by atoms with Crippen molar-refractivity contribution in [1.29, 1.82) is 0 Å². The standard InChI is InChI=1S/C18H23N/c1-14(19-13-18(2)11-6-12-18)16-10-5-8-15-7-3-4-9-17(15)16/h3-5,7-10,14,19H,6,11-13H2,1-2H3. The number of hydrogen-bond donors (Lipinski definition) is 1. The molecule has 1 N–H and O–H groups in total. The van der Waals surface area contributed by atoms with Crippen LogP contribution in [-0.2, 0) is 0 Å². The molecule has 1 fully saturated rings. The molecule has 2 aromatic carbocycles. The Morgan fingerprint density at radius 3 is 2.58 bits per heavy atom. The number of benzene rings is 2. The Kier molecular flexibility index (Phi) is 3.32. The summed E-state index contributed by atoms with van der Waals surface area (Å²) in [5, 5.41) is 6.45. The molecule has 0 radical (unpaired) electrons. The van der Waals surface area contributed by atoms with Crippen LogP contribution < -0.4 is 5.32 Å². The van der Waals surface area contributed by atoms with Crippen LogP contribution in [0.25, 0.3) is 10.8 Å². The number of hydrogen-bond acceptors (Lipinski definition) is 1. The molecule has 0 aromatic heterocycles. The molecule has 0 aliphatic heterocycles. The summed E-state index contributed by atoms with van der Waals surface area (Å²) in [6.45, 7) is 5.82. The average Bonchev–Trinajstić information content (AvgIpc) is 2.42. The van der Waals surface area contributed by atoms with E-state index < -0.39 is 0 Å². The lowest BCUT2D eigenvalue weighted by Gasteiger charge is -2.39. The minimum Gasteiger partial charge on any atom is -0.310 e. The number of fused-ring (bicyclic) bond motifs is 1. The summed E-state index contributed by atoms with van der Waals surface area (Å²) in [6, 6.07) is 15.7. The zero-order valence-electron chi connectivity index (χ0n) is 11.9. The van der Waals surface area contributed by atoms with E-state index in [-0.39, 0.29) is 0 Å². The van der Waals surface area contributed by atoms with Crippen molar-refractivity contribution in [3.05, 3.63) is 48.0 Å². The first-order valence-electron chi connectivity index (χ1n) is 7.39. The predicted octanol–water partition coefficient (Wildman–Crippen LogP) is 4.68. The molecule has 1 saturated carbocycles. The first kappa shape index (κ1) is 12.7. The average molecular weight is 253 g/mol. The van der Waals surface area contributed by atoms with E-state index in [0.29, 0.717) is 11.5 Å².